The van der Waals surface area contributed by atoms with E-state index in [4.69, 9.17) is 11.3 Å². The highest BCUT2D eigenvalue weighted by molar-refractivity contribution is 5.93. The van der Waals surface area contributed by atoms with Crippen molar-refractivity contribution in [1.82, 2.24) is 5.43 Å². The molecule has 0 aliphatic carbocycles. The average Bonchev–Trinajstić information content (AvgIpc) is 2.16. The van der Waals surface area contributed by atoms with E-state index in [1.807, 2.05) is 36.4 Å². The standard InChI is InChI=1S/C9H11N3/c10-9(12-11)7-6-8-4-2-1-3-5-8/h1-7H,11H2,(H2,10,12)/b7-6+. The number of benzene rings is 1. The van der Waals surface area contributed by atoms with Crippen LogP contribution in [0.2, 0.25) is 0 Å². The van der Waals surface area contributed by atoms with Crippen LogP contribution in [0.1, 0.15) is 5.56 Å². The van der Waals surface area contributed by atoms with E-state index in [-0.39, 0.29) is 5.84 Å². The van der Waals surface area contributed by atoms with Crippen molar-refractivity contribution in [3.63, 3.8) is 0 Å². The van der Waals surface area contributed by atoms with Crippen LogP contribution in [0.3, 0.4) is 0 Å². The molecule has 3 heteroatoms. The molecule has 0 radical (unpaired) electrons. The van der Waals surface area contributed by atoms with Crippen molar-refractivity contribution in [2.45, 2.75) is 0 Å². The molecule has 0 aliphatic rings. The Bertz CT molecular complexity index is 277. The summed E-state index contributed by atoms with van der Waals surface area (Å²) in [6.07, 6.45) is 3.43. The van der Waals surface area contributed by atoms with Crippen molar-refractivity contribution < 1.29 is 0 Å². The molecule has 0 aromatic heterocycles. The third-order valence-corrected chi connectivity index (χ3v) is 1.40. The Morgan fingerprint density at radius 2 is 2.00 bits per heavy atom. The largest absolute Gasteiger partial charge is 0.309 e. The minimum atomic E-state index is 0.193. The van der Waals surface area contributed by atoms with Gasteiger partial charge in [0.25, 0.3) is 0 Å². The summed E-state index contributed by atoms with van der Waals surface area (Å²) in [5.41, 5.74) is 3.28. The van der Waals surface area contributed by atoms with Gasteiger partial charge in [0.1, 0.15) is 5.84 Å². The first-order chi connectivity index (χ1) is 5.83. The molecule has 0 bridgehead atoms. The van der Waals surface area contributed by atoms with Crippen molar-refractivity contribution in [1.29, 1.82) is 5.41 Å². The molecule has 1 aromatic carbocycles. The van der Waals surface area contributed by atoms with Crippen LogP contribution >= 0.6 is 0 Å². The van der Waals surface area contributed by atoms with Gasteiger partial charge in [0.15, 0.2) is 0 Å². The van der Waals surface area contributed by atoms with E-state index < -0.39 is 0 Å². The highest BCUT2D eigenvalue weighted by Crippen LogP contribution is 1.99. The second kappa shape index (κ2) is 4.31. The van der Waals surface area contributed by atoms with Crippen molar-refractivity contribution in [2.75, 3.05) is 0 Å². The molecule has 0 saturated carbocycles. The Balaban J connectivity index is 2.64. The molecule has 1 rings (SSSR count). The lowest BCUT2D eigenvalue weighted by Gasteiger charge is -1.93. The molecule has 62 valence electrons. The van der Waals surface area contributed by atoms with E-state index in [1.54, 1.807) is 6.08 Å². The van der Waals surface area contributed by atoms with Gasteiger partial charge >= 0.3 is 0 Å². The van der Waals surface area contributed by atoms with Crippen LogP contribution in [0.25, 0.3) is 6.08 Å². The smallest absolute Gasteiger partial charge is 0.132 e. The van der Waals surface area contributed by atoms with Gasteiger partial charge in [-0.2, -0.15) is 0 Å². The monoisotopic (exact) mass is 161 g/mol. The fourth-order valence-corrected chi connectivity index (χ4v) is 0.792. The van der Waals surface area contributed by atoms with Gasteiger partial charge in [0.2, 0.25) is 0 Å². The Labute approximate surface area is 71.4 Å². The zero-order valence-corrected chi connectivity index (χ0v) is 6.62. The third-order valence-electron chi connectivity index (χ3n) is 1.40. The first kappa shape index (κ1) is 8.49. The highest BCUT2D eigenvalue weighted by atomic mass is 15.2. The molecule has 12 heavy (non-hydrogen) atoms. The van der Waals surface area contributed by atoms with Gasteiger partial charge in [-0.05, 0) is 11.6 Å². The molecule has 0 atom stereocenters. The molecule has 0 spiro atoms. The number of nitrogens with one attached hydrogen (secondary N) is 2. The van der Waals surface area contributed by atoms with E-state index >= 15 is 0 Å². The predicted molar refractivity (Wildman–Crippen MR) is 50.5 cm³/mol. The Morgan fingerprint density at radius 1 is 1.33 bits per heavy atom. The normalized spacial score (nSPS) is 10.1. The molecule has 0 saturated heterocycles. The number of hydrazine groups is 1. The first-order valence-electron chi connectivity index (χ1n) is 3.61. The number of hydrogen-bond donors (Lipinski definition) is 3. The van der Waals surface area contributed by atoms with Crippen LogP contribution in [0.4, 0.5) is 0 Å². The lowest BCUT2D eigenvalue weighted by Crippen LogP contribution is -2.27. The zero-order chi connectivity index (χ0) is 8.81. The van der Waals surface area contributed by atoms with Crippen molar-refractivity contribution in [2.24, 2.45) is 5.84 Å². The Morgan fingerprint density at radius 3 is 2.58 bits per heavy atom. The Hall–Kier alpha value is -1.61. The van der Waals surface area contributed by atoms with E-state index in [2.05, 4.69) is 5.43 Å². The van der Waals surface area contributed by atoms with Gasteiger partial charge in [-0.3, -0.25) is 5.41 Å². The number of nitrogens with two attached hydrogens (primary N) is 1. The summed E-state index contributed by atoms with van der Waals surface area (Å²) in [5, 5.41) is 7.16. The summed E-state index contributed by atoms with van der Waals surface area (Å²) in [7, 11) is 0. The lowest BCUT2D eigenvalue weighted by atomic mass is 10.2. The van der Waals surface area contributed by atoms with Crippen LogP contribution in [0, 0.1) is 5.41 Å². The molecular weight excluding hydrogens is 150 g/mol. The summed E-state index contributed by atoms with van der Waals surface area (Å²) in [6, 6.07) is 9.75. The van der Waals surface area contributed by atoms with Crippen LogP contribution in [0.5, 0.6) is 0 Å². The van der Waals surface area contributed by atoms with Crippen LogP contribution < -0.4 is 11.3 Å². The maximum absolute atomic E-state index is 7.16. The van der Waals surface area contributed by atoms with E-state index in [0.29, 0.717) is 0 Å². The fraction of sp³-hybridized carbons (Fsp3) is 0. The summed E-state index contributed by atoms with van der Waals surface area (Å²) < 4.78 is 0. The Kier molecular flexibility index (Phi) is 3.04. The maximum atomic E-state index is 7.16. The summed E-state index contributed by atoms with van der Waals surface area (Å²) in [4.78, 5) is 0. The van der Waals surface area contributed by atoms with Crippen molar-refractivity contribution in [3.8, 4) is 0 Å². The van der Waals surface area contributed by atoms with Gasteiger partial charge in [0.05, 0.1) is 0 Å². The second-order valence-corrected chi connectivity index (χ2v) is 2.30. The van der Waals surface area contributed by atoms with Crippen LogP contribution in [0.15, 0.2) is 36.4 Å². The van der Waals surface area contributed by atoms with E-state index in [1.165, 1.54) is 0 Å². The molecule has 4 N–H and O–H groups in total. The van der Waals surface area contributed by atoms with Crippen LogP contribution in [-0.2, 0) is 0 Å². The fourth-order valence-electron chi connectivity index (χ4n) is 0.792. The van der Waals surface area contributed by atoms with Gasteiger partial charge in [-0.15, -0.1) is 0 Å². The predicted octanol–water partition coefficient (Wildman–Crippen LogP) is 1.14. The van der Waals surface area contributed by atoms with Crippen molar-refractivity contribution in [3.05, 3.63) is 42.0 Å². The molecule has 3 nitrogen and oxygen atoms in total. The van der Waals surface area contributed by atoms with Gasteiger partial charge in [-0.25, -0.2) is 5.84 Å². The molecule has 0 aliphatic heterocycles. The zero-order valence-electron chi connectivity index (χ0n) is 6.62. The number of hydrogen-bond acceptors (Lipinski definition) is 2. The number of rotatable bonds is 2. The lowest BCUT2D eigenvalue weighted by molar-refractivity contribution is 1.02. The molecule has 0 unspecified atom stereocenters. The van der Waals surface area contributed by atoms with Crippen molar-refractivity contribution >= 4 is 11.9 Å². The van der Waals surface area contributed by atoms with Gasteiger partial charge in [0, 0.05) is 0 Å². The van der Waals surface area contributed by atoms with E-state index in [0.717, 1.165) is 5.56 Å². The molecule has 1 aromatic rings. The SMILES string of the molecule is N=C(/C=C/c1ccccc1)NN. The van der Waals surface area contributed by atoms with Gasteiger partial charge in [-0.1, -0.05) is 36.4 Å². The minimum absolute atomic E-state index is 0.193. The highest BCUT2D eigenvalue weighted by Gasteiger charge is 1.84. The molecule has 0 amide bonds. The molecular formula is C9H11N3. The maximum Gasteiger partial charge on any atom is 0.132 e. The summed E-state index contributed by atoms with van der Waals surface area (Å²) in [5.74, 6) is 5.20. The van der Waals surface area contributed by atoms with Gasteiger partial charge < -0.3 is 5.43 Å². The van der Waals surface area contributed by atoms with Crippen LogP contribution in [-0.4, -0.2) is 5.84 Å². The van der Waals surface area contributed by atoms with E-state index in [9.17, 15) is 0 Å². The summed E-state index contributed by atoms with van der Waals surface area (Å²) in [6.45, 7) is 0. The average molecular weight is 161 g/mol. The minimum Gasteiger partial charge on any atom is -0.309 e. The molecule has 0 fully saturated rings. The topological polar surface area (TPSA) is 61.9 Å². The third kappa shape index (κ3) is 2.56. The molecule has 0 heterocycles. The second-order valence-electron chi connectivity index (χ2n) is 2.30. The quantitative estimate of drug-likeness (QED) is 0.263. The first-order valence-corrected chi connectivity index (χ1v) is 3.61. The number of amidine groups is 1. The summed E-state index contributed by atoms with van der Waals surface area (Å²) >= 11 is 0.